The number of phosphoric ester groups is 2. The quantitative estimate of drug-likeness (QED) is 0.0999. The van der Waals surface area contributed by atoms with E-state index in [0.29, 0.717) is 0 Å². The van der Waals surface area contributed by atoms with Gasteiger partial charge in [-0.2, -0.15) is 4.31 Å². The van der Waals surface area contributed by atoms with Crippen LogP contribution in [0.3, 0.4) is 0 Å². The average Bonchev–Trinajstić information content (AvgIpc) is 3.06. The third-order valence-electron chi connectivity index (χ3n) is 5.16. The van der Waals surface area contributed by atoms with Crippen LogP contribution in [0.5, 0.6) is 0 Å². The molecule has 2 fully saturated rings. The molecule has 9 N–H and O–H groups in total. The zero-order chi connectivity index (χ0) is 27.0. The van der Waals surface area contributed by atoms with Crippen LogP contribution in [0, 0.1) is 0 Å². The lowest BCUT2D eigenvalue weighted by molar-refractivity contribution is -0.280. The summed E-state index contributed by atoms with van der Waals surface area (Å²) >= 11 is 0. The minimum absolute atomic E-state index is 0.723. The highest BCUT2D eigenvalue weighted by Gasteiger charge is 2.49. The number of ether oxygens (including phenoxy) is 2. The number of aliphatic hydroxyl groups excluding tert-OH is 6. The van der Waals surface area contributed by atoms with E-state index in [1.807, 2.05) is 4.98 Å². The fourth-order valence-corrected chi connectivity index (χ4v) is 5.51. The zero-order valence-corrected chi connectivity index (χ0v) is 19.6. The molecule has 0 amide bonds. The number of phosphoric acid groups is 2. The Morgan fingerprint density at radius 3 is 2.17 bits per heavy atom. The van der Waals surface area contributed by atoms with Crippen molar-refractivity contribution in [1.29, 1.82) is 0 Å². The van der Waals surface area contributed by atoms with Crippen molar-refractivity contribution in [3.63, 3.8) is 0 Å². The summed E-state index contributed by atoms with van der Waals surface area (Å²) in [6.07, 6.45) is -15.4. The summed E-state index contributed by atoms with van der Waals surface area (Å²) in [6.45, 7) is -1.93. The van der Waals surface area contributed by atoms with Gasteiger partial charge >= 0.3 is 21.3 Å². The minimum Gasteiger partial charge on any atom is -0.394 e. The third kappa shape index (κ3) is 6.54. The van der Waals surface area contributed by atoms with Crippen LogP contribution in [0.1, 0.15) is 6.23 Å². The van der Waals surface area contributed by atoms with Crippen molar-refractivity contribution in [2.24, 2.45) is 0 Å². The summed E-state index contributed by atoms with van der Waals surface area (Å²) < 4.78 is 48.1. The molecule has 206 valence electrons. The van der Waals surface area contributed by atoms with Gasteiger partial charge < -0.3 is 49.9 Å². The number of nitrogens with one attached hydrogen (secondary N) is 1. The van der Waals surface area contributed by atoms with E-state index in [1.54, 1.807) is 0 Å². The van der Waals surface area contributed by atoms with Gasteiger partial charge in [-0.15, -0.1) is 0 Å². The molecule has 2 aliphatic heterocycles. The highest BCUT2D eigenvalue weighted by Crippen LogP contribution is 2.61. The molecule has 2 aliphatic rings. The molecular formula is C15H24N2O17P2. The molecule has 3 heterocycles. The van der Waals surface area contributed by atoms with Gasteiger partial charge in [0.2, 0.25) is 0 Å². The highest BCUT2D eigenvalue weighted by molar-refractivity contribution is 7.61. The molecule has 0 aliphatic carbocycles. The first-order valence-electron chi connectivity index (χ1n) is 9.99. The summed E-state index contributed by atoms with van der Waals surface area (Å²) in [5, 5.41) is 58.6. The van der Waals surface area contributed by atoms with E-state index in [1.165, 1.54) is 0 Å². The van der Waals surface area contributed by atoms with Crippen molar-refractivity contribution >= 4 is 15.6 Å². The van der Waals surface area contributed by atoms with Crippen molar-refractivity contribution in [3.8, 4) is 0 Å². The Kier molecular flexibility index (Phi) is 9.05. The van der Waals surface area contributed by atoms with E-state index < -0.39 is 95.4 Å². The molecule has 0 radical (unpaired) electrons. The van der Waals surface area contributed by atoms with Crippen LogP contribution in [-0.4, -0.2) is 112 Å². The lowest BCUT2D eigenvalue weighted by Gasteiger charge is -2.39. The number of aliphatic hydroxyl groups is 6. The Balaban J connectivity index is 1.61. The third-order valence-corrected chi connectivity index (χ3v) is 7.76. The maximum Gasteiger partial charge on any atom is 0.483 e. The van der Waals surface area contributed by atoms with E-state index in [4.69, 9.17) is 14.6 Å². The Hall–Kier alpha value is -1.38. The van der Waals surface area contributed by atoms with Crippen molar-refractivity contribution in [3.05, 3.63) is 33.1 Å². The van der Waals surface area contributed by atoms with Crippen LogP contribution >= 0.6 is 15.6 Å². The van der Waals surface area contributed by atoms with Crippen LogP contribution < -0.4 is 11.2 Å². The van der Waals surface area contributed by atoms with Gasteiger partial charge in [0.15, 0.2) is 12.5 Å². The van der Waals surface area contributed by atoms with Crippen LogP contribution in [-0.2, 0) is 32.0 Å². The minimum atomic E-state index is -5.59. The molecule has 19 nitrogen and oxygen atoms in total. The summed E-state index contributed by atoms with van der Waals surface area (Å²) in [6, 6.07) is 0.928. The maximum atomic E-state index is 12.2. The normalized spacial score (nSPS) is 38.4. The standard InChI is InChI=1S/C15H24N2O17P2/c18-3-5-8(20)10(22)12(24)14(32-5)33-36(28,29)34-35(26,27)30-4-6-9(21)11(23)13(31-6)17-2-1-7(19)16-15(17)25/h1-2,5-6,8-14,18,20-24H,3-4H2,(H,26,27)(H,28,29)(H,16,19,25)/t5-,6-,8-,9-,10+,11-,12-,13-,14-/m1/s1/i14+1. The van der Waals surface area contributed by atoms with E-state index in [0.717, 1.165) is 16.8 Å². The molecule has 1 aromatic rings. The second kappa shape index (κ2) is 11.2. The number of nitrogens with zero attached hydrogens (tertiary/aromatic N) is 1. The summed E-state index contributed by atoms with van der Waals surface area (Å²) in [5.74, 6) is 0. The molecule has 21 heteroatoms. The maximum absolute atomic E-state index is 12.2. The fourth-order valence-electron chi connectivity index (χ4n) is 3.35. The first-order chi connectivity index (χ1) is 16.7. The van der Waals surface area contributed by atoms with Crippen molar-refractivity contribution in [1.82, 2.24) is 9.55 Å². The van der Waals surface area contributed by atoms with Crippen molar-refractivity contribution in [2.45, 2.75) is 55.2 Å². The summed E-state index contributed by atoms with van der Waals surface area (Å²) in [5.41, 5.74) is -1.75. The Morgan fingerprint density at radius 1 is 0.917 bits per heavy atom. The smallest absolute Gasteiger partial charge is 0.394 e. The van der Waals surface area contributed by atoms with E-state index in [9.17, 15) is 54.0 Å². The van der Waals surface area contributed by atoms with E-state index in [2.05, 4.69) is 13.4 Å². The highest BCUT2D eigenvalue weighted by atomic mass is 31.3. The van der Waals surface area contributed by atoms with Gasteiger partial charge in [-0.1, -0.05) is 0 Å². The zero-order valence-electron chi connectivity index (χ0n) is 17.9. The van der Waals surface area contributed by atoms with Crippen LogP contribution in [0.4, 0.5) is 0 Å². The molecule has 0 saturated carbocycles. The van der Waals surface area contributed by atoms with Crippen LogP contribution in [0.15, 0.2) is 21.9 Å². The molecular weight excluding hydrogens is 543 g/mol. The van der Waals surface area contributed by atoms with Crippen LogP contribution in [0.2, 0.25) is 0 Å². The fraction of sp³-hybridized carbons (Fsp3) is 0.733. The van der Waals surface area contributed by atoms with Gasteiger partial charge in [-0.05, 0) is 0 Å². The number of aromatic amines is 1. The molecule has 11 atom stereocenters. The van der Waals surface area contributed by atoms with Gasteiger partial charge in [0.05, 0.1) is 13.2 Å². The summed E-state index contributed by atoms with van der Waals surface area (Å²) in [4.78, 5) is 44.5. The largest absolute Gasteiger partial charge is 0.483 e. The molecule has 2 saturated heterocycles. The lowest BCUT2D eigenvalue weighted by Crippen LogP contribution is -2.58. The second-order valence-corrected chi connectivity index (χ2v) is 10.7. The van der Waals surface area contributed by atoms with Crippen LogP contribution in [0.25, 0.3) is 0 Å². The first-order valence-corrected chi connectivity index (χ1v) is 13.0. The monoisotopic (exact) mass is 567 g/mol. The molecule has 2 unspecified atom stereocenters. The first kappa shape index (κ1) is 29.2. The SMILES string of the molecule is O=c1ccn([C@@H]2O[C@H](COP(=O)(O)OP(=O)(O)O[13C@H]3O[C@H](CO)[C@@H](O)[C@H](O)[C@H]3O)[C@@H](O)[C@H]2O)c(=O)[nH]1. The van der Waals surface area contributed by atoms with Gasteiger partial charge in [0.1, 0.15) is 42.7 Å². The second-order valence-electron chi connectivity index (χ2n) is 7.68. The molecule has 1 aromatic heterocycles. The van der Waals surface area contributed by atoms with E-state index >= 15 is 0 Å². The number of hydrogen-bond acceptors (Lipinski definition) is 15. The van der Waals surface area contributed by atoms with Gasteiger partial charge in [0, 0.05) is 12.3 Å². The Morgan fingerprint density at radius 2 is 1.56 bits per heavy atom. The lowest BCUT2D eigenvalue weighted by atomic mass is 10.0. The molecule has 36 heavy (non-hydrogen) atoms. The Bertz CT molecular complexity index is 1120. The van der Waals surface area contributed by atoms with Crippen molar-refractivity contribution < 1.29 is 72.4 Å². The van der Waals surface area contributed by atoms with Gasteiger partial charge in [-0.25, -0.2) is 13.9 Å². The summed E-state index contributed by atoms with van der Waals surface area (Å²) in [7, 11) is -11.1. The number of aromatic nitrogens is 2. The predicted octanol–water partition coefficient (Wildman–Crippen LogP) is -4.79. The molecule has 3 rings (SSSR count). The number of H-pyrrole nitrogens is 1. The molecule has 0 aromatic carbocycles. The number of hydrogen-bond donors (Lipinski definition) is 9. The topological polar surface area (TPSA) is 297 Å². The van der Waals surface area contributed by atoms with Gasteiger partial charge in [0.25, 0.3) is 5.56 Å². The van der Waals surface area contributed by atoms with Gasteiger partial charge in [-0.3, -0.25) is 23.4 Å². The molecule has 0 bridgehead atoms. The van der Waals surface area contributed by atoms with Crippen molar-refractivity contribution in [2.75, 3.05) is 13.2 Å². The molecule has 0 spiro atoms. The Labute approximate surface area is 199 Å². The number of rotatable bonds is 9. The van der Waals surface area contributed by atoms with E-state index in [-0.39, 0.29) is 0 Å². The predicted molar refractivity (Wildman–Crippen MR) is 109 cm³/mol. The average molecular weight is 567 g/mol.